The van der Waals surface area contributed by atoms with Crippen molar-refractivity contribution in [1.82, 2.24) is 4.57 Å². The number of aliphatic hydroxyl groups excluding tert-OH is 1. The third kappa shape index (κ3) is 3.71. The lowest BCUT2D eigenvalue weighted by molar-refractivity contribution is 0.0694. The Hall–Kier alpha value is -3.12. The van der Waals surface area contributed by atoms with Gasteiger partial charge in [0.2, 0.25) is 5.43 Å². The molecule has 0 spiro atoms. The van der Waals surface area contributed by atoms with Crippen LogP contribution < -0.4 is 10.3 Å². The zero-order chi connectivity index (χ0) is 19.6. The number of carbonyl (C=O) groups is 1. The highest BCUT2D eigenvalue weighted by Gasteiger charge is 2.15. The van der Waals surface area contributed by atoms with Gasteiger partial charge in [0.15, 0.2) is 0 Å². The van der Waals surface area contributed by atoms with E-state index in [0.717, 1.165) is 16.8 Å². The molecule has 0 radical (unpaired) electrons. The highest BCUT2D eigenvalue weighted by Crippen LogP contribution is 2.23. The second-order valence-electron chi connectivity index (χ2n) is 6.65. The predicted molar refractivity (Wildman–Crippen MR) is 106 cm³/mol. The molecule has 0 aliphatic rings. The Labute approximate surface area is 156 Å². The van der Waals surface area contributed by atoms with E-state index < -0.39 is 11.4 Å². The summed E-state index contributed by atoms with van der Waals surface area (Å²) in [5, 5.41) is 18.9. The Balaban J connectivity index is 2.13. The monoisotopic (exact) mass is 366 g/mol. The van der Waals surface area contributed by atoms with Crippen LogP contribution in [0.4, 0.5) is 5.69 Å². The number of carboxylic acids is 1. The van der Waals surface area contributed by atoms with Crippen LogP contribution in [0, 0.1) is 0 Å². The van der Waals surface area contributed by atoms with Crippen LogP contribution in [0.15, 0.2) is 53.5 Å². The number of pyridine rings is 1. The summed E-state index contributed by atoms with van der Waals surface area (Å²) in [5.74, 6) is -1.27. The van der Waals surface area contributed by atoms with Crippen molar-refractivity contribution in [2.24, 2.45) is 0 Å². The van der Waals surface area contributed by atoms with Crippen molar-refractivity contribution in [2.45, 2.75) is 13.0 Å². The van der Waals surface area contributed by atoms with Gasteiger partial charge in [-0.15, -0.1) is 0 Å². The lowest BCUT2D eigenvalue weighted by Crippen LogP contribution is -2.20. The fraction of sp³-hybridized carbons (Fsp3) is 0.238. The van der Waals surface area contributed by atoms with Crippen molar-refractivity contribution in [1.29, 1.82) is 0 Å². The van der Waals surface area contributed by atoms with Crippen LogP contribution in [0.2, 0.25) is 0 Å². The van der Waals surface area contributed by atoms with E-state index >= 15 is 0 Å². The average Bonchev–Trinajstić information content (AvgIpc) is 2.64. The minimum atomic E-state index is -1.27. The van der Waals surface area contributed by atoms with Crippen LogP contribution >= 0.6 is 0 Å². The number of aliphatic hydroxyl groups is 1. The van der Waals surface area contributed by atoms with Crippen LogP contribution in [0.3, 0.4) is 0 Å². The van der Waals surface area contributed by atoms with Crippen LogP contribution in [0.25, 0.3) is 10.9 Å². The van der Waals surface area contributed by atoms with Gasteiger partial charge in [0.25, 0.3) is 0 Å². The lowest BCUT2D eigenvalue weighted by Gasteiger charge is -2.18. The molecule has 0 bridgehead atoms. The molecule has 1 heterocycles. The van der Waals surface area contributed by atoms with E-state index in [4.69, 9.17) is 0 Å². The normalized spacial score (nSPS) is 10.9. The number of para-hydroxylation sites is 1. The number of rotatable bonds is 6. The van der Waals surface area contributed by atoms with E-state index in [0.29, 0.717) is 17.3 Å². The molecule has 140 valence electrons. The molecule has 0 aliphatic carbocycles. The molecule has 0 unspecified atom stereocenters. The average molecular weight is 366 g/mol. The van der Waals surface area contributed by atoms with Crippen molar-refractivity contribution in [3.63, 3.8) is 0 Å². The summed E-state index contributed by atoms with van der Waals surface area (Å²) in [7, 11) is 3.96. The summed E-state index contributed by atoms with van der Waals surface area (Å²) >= 11 is 0. The SMILES string of the molecule is CN(C)c1ccccc1Cc1ccc2c(c1)c(=O)c(C(=O)O)cn2CCO. The Morgan fingerprint density at radius 3 is 2.56 bits per heavy atom. The van der Waals surface area contributed by atoms with Gasteiger partial charge in [-0.25, -0.2) is 4.79 Å². The first-order chi connectivity index (χ1) is 12.9. The maximum atomic E-state index is 12.6. The van der Waals surface area contributed by atoms with Crippen molar-refractivity contribution in [3.05, 3.63) is 75.6 Å². The molecule has 2 aromatic carbocycles. The number of anilines is 1. The molecular weight excluding hydrogens is 344 g/mol. The van der Waals surface area contributed by atoms with Crippen LogP contribution in [0.5, 0.6) is 0 Å². The molecule has 0 saturated heterocycles. The number of aromatic carboxylic acids is 1. The van der Waals surface area contributed by atoms with E-state index in [-0.39, 0.29) is 18.7 Å². The number of benzene rings is 2. The number of aromatic nitrogens is 1. The third-order valence-corrected chi connectivity index (χ3v) is 4.58. The summed E-state index contributed by atoms with van der Waals surface area (Å²) in [6.45, 7) is 0.0782. The summed E-state index contributed by atoms with van der Waals surface area (Å²) in [6.07, 6.45) is 1.92. The van der Waals surface area contributed by atoms with E-state index in [1.807, 2.05) is 55.4 Å². The van der Waals surface area contributed by atoms with Gasteiger partial charge in [0, 0.05) is 37.9 Å². The molecule has 0 atom stereocenters. The van der Waals surface area contributed by atoms with Gasteiger partial charge in [-0.2, -0.15) is 0 Å². The predicted octanol–water partition coefficient (Wildman–Crippen LogP) is 2.35. The number of carboxylic acid groups (broad SMARTS) is 1. The standard InChI is InChI=1S/C21H22N2O4/c1-22(2)18-6-4-3-5-15(18)11-14-7-8-19-16(12-14)20(25)17(21(26)27)13-23(19)9-10-24/h3-8,12-13,24H,9-11H2,1-2H3,(H,26,27). The Kier molecular flexibility index (Phi) is 5.28. The minimum absolute atomic E-state index is 0.144. The molecule has 0 saturated carbocycles. The number of nitrogens with zero attached hydrogens (tertiary/aromatic N) is 2. The fourth-order valence-electron chi connectivity index (χ4n) is 3.32. The van der Waals surface area contributed by atoms with Gasteiger partial charge in [-0.1, -0.05) is 24.3 Å². The number of hydrogen-bond donors (Lipinski definition) is 2. The molecule has 2 N–H and O–H groups in total. The van der Waals surface area contributed by atoms with Gasteiger partial charge in [-0.05, 0) is 35.7 Å². The molecule has 0 amide bonds. The van der Waals surface area contributed by atoms with Crippen molar-refractivity contribution in [2.75, 3.05) is 25.6 Å². The van der Waals surface area contributed by atoms with Gasteiger partial charge in [0.1, 0.15) is 5.56 Å². The summed E-state index contributed by atoms with van der Waals surface area (Å²) < 4.78 is 1.61. The molecule has 3 aromatic rings. The van der Waals surface area contributed by atoms with E-state index in [1.54, 1.807) is 10.6 Å². The first-order valence-electron chi connectivity index (χ1n) is 8.68. The quantitative estimate of drug-likeness (QED) is 0.700. The van der Waals surface area contributed by atoms with Gasteiger partial charge >= 0.3 is 5.97 Å². The van der Waals surface area contributed by atoms with E-state index in [9.17, 15) is 19.8 Å². The minimum Gasteiger partial charge on any atom is -0.477 e. The van der Waals surface area contributed by atoms with Crippen molar-refractivity contribution in [3.8, 4) is 0 Å². The molecule has 27 heavy (non-hydrogen) atoms. The first-order valence-corrected chi connectivity index (χ1v) is 8.68. The highest BCUT2D eigenvalue weighted by molar-refractivity contribution is 5.92. The van der Waals surface area contributed by atoms with Gasteiger partial charge in [-0.3, -0.25) is 4.79 Å². The van der Waals surface area contributed by atoms with Crippen molar-refractivity contribution < 1.29 is 15.0 Å². The van der Waals surface area contributed by atoms with Gasteiger partial charge in [0.05, 0.1) is 12.1 Å². The van der Waals surface area contributed by atoms with Crippen molar-refractivity contribution >= 4 is 22.6 Å². The zero-order valence-electron chi connectivity index (χ0n) is 15.3. The summed E-state index contributed by atoms with van der Waals surface area (Å²) in [6, 6.07) is 13.5. The number of hydrogen-bond acceptors (Lipinski definition) is 4. The summed E-state index contributed by atoms with van der Waals surface area (Å²) in [5.41, 5.74) is 2.95. The largest absolute Gasteiger partial charge is 0.477 e. The Morgan fingerprint density at radius 1 is 1.15 bits per heavy atom. The first kappa shape index (κ1) is 18.7. The second-order valence-corrected chi connectivity index (χ2v) is 6.65. The summed E-state index contributed by atoms with van der Waals surface area (Å²) in [4.78, 5) is 26.1. The molecule has 3 rings (SSSR count). The van der Waals surface area contributed by atoms with Crippen LogP contribution in [-0.4, -0.2) is 41.5 Å². The molecule has 6 heteroatoms. The van der Waals surface area contributed by atoms with E-state index in [1.165, 1.54) is 6.20 Å². The molecule has 1 aromatic heterocycles. The van der Waals surface area contributed by atoms with Gasteiger partial charge < -0.3 is 19.7 Å². The topological polar surface area (TPSA) is 82.8 Å². The third-order valence-electron chi connectivity index (χ3n) is 4.58. The second kappa shape index (κ2) is 7.63. The Morgan fingerprint density at radius 2 is 1.89 bits per heavy atom. The smallest absolute Gasteiger partial charge is 0.341 e. The van der Waals surface area contributed by atoms with E-state index in [2.05, 4.69) is 0 Å². The molecule has 0 fully saturated rings. The van der Waals surface area contributed by atoms with Crippen LogP contribution in [0.1, 0.15) is 21.5 Å². The lowest BCUT2D eigenvalue weighted by atomic mass is 10.00. The maximum Gasteiger partial charge on any atom is 0.341 e. The maximum absolute atomic E-state index is 12.6. The molecule has 6 nitrogen and oxygen atoms in total. The molecular formula is C21H22N2O4. The van der Waals surface area contributed by atoms with Crippen LogP contribution in [-0.2, 0) is 13.0 Å². The molecule has 0 aliphatic heterocycles. The number of fused-ring (bicyclic) bond motifs is 1. The zero-order valence-corrected chi connectivity index (χ0v) is 15.3. The Bertz CT molecular complexity index is 1050. The fourth-order valence-corrected chi connectivity index (χ4v) is 3.32. The highest BCUT2D eigenvalue weighted by atomic mass is 16.4.